The van der Waals surface area contributed by atoms with Gasteiger partial charge < -0.3 is 14.5 Å². The lowest BCUT2D eigenvalue weighted by Gasteiger charge is -2.14. The van der Waals surface area contributed by atoms with Crippen LogP contribution in [0.4, 0.5) is 13.2 Å². The molecule has 0 unspecified atom stereocenters. The monoisotopic (exact) mass is 248 g/mol. The summed E-state index contributed by atoms with van der Waals surface area (Å²) >= 11 is 0. The minimum Gasteiger partial charge on any atom is -0.488 e. The molecule has 17 heavy (non-hydrogen) atoms. The summed E-state index contributed by atoms with van der Waals surface area (Å²) in [6.07, 6.45) is -4.33. The van der Waals surface area contributed by atoms with Crippen LogP contribution in [0.1, 0.15) is 5.56 Å². The maximum Gasteiger partial charge on any atom is 0.573 e. The van der Waals surface area contributed by atoms with E-state index in [1.807, 2.05) is 0 Å². The molecule has 0 saturated heterocycles. The van der Waals surface area contributed by atoms with E-state index in [1.165, 1.54) is 0 Å². The van der Waals surface area contributed by atoms with Crippen molar-refractivity contribution in [2.24, 2.45) is 0 Å². The van der Waals surface area contributed by atoms with Crippen LogP contribution in [0.15, 0.2) is 11.0 Å². The van der Waals surface area contributed by atoms with Crippen molar-refractivity contribution in [3.05, 3.63) is 22.1 Å². The molecule has 0 atom stereocenters. The molecule has 1 rings (SSSR count). The Morgan fingerprint density at radius 2 is 2.12 bits per heavy atom. The van der Waals surface area contributed by atoms with Crippen molar-refractivity contribution < 1.29 is 22.6 Å². The highest BCUT2D eigenvalue weighted by Gasteiger charge is 2.34. The normalized spacial score (nSPS) is 10.8. The minimum absolute atomic E-state index is 0.110. The van der Waals surface area contributed by atoms with Crippen molar-refractivity contribution in [3.63, 3.8) is 0 Å². The highest BCUT2D eigenvalue weighted by atomic mass is 19.4. The molecule has 0 saturated carbocycles. The van der Waals surface area contributed by atoms with Gasteiger partial charge in [-0.1, -0.05) is 0 Å². The van der Waals surface area contributed by atoms with Crippen molar-refractivity contribution in [1.29, 1.82) is 5.26 Å². The van der Waals surface area contributed by atoms with Gasteiger partial charge in [-0.3, -0.25) is 4.79 Å². The molecule has 0 radical (unpaired) electrons. The van der Waals surface area contributed by atoms with E-state index >= 15 is 0 Å². The number of halogens is 3. The summed E-state index contributed by atoms with van der Waals surface area (Å²) in [6.45, 7) is 0. The Kier molecular flexibility index (Phi) is 3.62. The summed E-state index contributed by atoms with van der Waals surface area (Å²) in [5, 5.41) is 8.46. The number of nitriles is 1. The van der Waals surface area contributed by atoms with E-state index < -0.39 is 23.4 Å². The van der Waals surface area contributed by atoms with E-state index in [4.69, 9.17) is 5.26 Å². The topological polar surface area (TPSA) is 75.1 Å². The van der Waals surface area contributed by atoms with Gasteiger partial charge in [-0.05, 0) is 0 Å². The molecule has 92 valence electrons. The number of H-pyrrole nitrogens is 1. The van der Waals surface area contributed by atoms with Crippen molar-refractivity contribution in [1.82, 2.24) is 4.98 Å². The van der Waals surface area contributed by atoms with E-state index in [2.05, 4.69) is 14.5 Å². The Morgan fingerprint density at radius 3 is 2.59 bits per heavy atom. The third kappa shape index (κ3) is 3.14. The van der Waals surface area contributed by atoms with E-state index in [-0.39, 0.29) is 12.0 Å². The lowest BCUT2D eigenvalue weighted by atomic mass is 10.2. The van der Waals surface area contributed by atoms with Crippen molar-refractivity contribution >= 4 is 0 Å². The lowest BCUT2D eigenvalue weighted by molar-refractivity contribution is -0.275. The molecule has 0 aliphatic carbocycles. The van der Waals surface area contributed by atoms with Crippen LogP contribution in [-0.4, -0.2) is 18.5 Å². The van der Waals surface area contributed by atoms with Crippen molar-refractivity contribution in [2.45, 2.75) is 12.8 Å². The van der Waals surface area contributed by atoms with Crippen LogP contribution < -0.4 is 15.0 Å². The van der Waals surface area contributed by atoms with E-state index in [1.54, 1.807) is 6.07 Å². The number of ether oxygens (including phenoxy) is 2. The van der Waals surface area contributed by atoms with Gasteiger partial charge in [0.2, 0.25) is 5.75 Å². The predicted octanol–water partition coefficient (Wildman–Crippen LogP) is 1.35. The standard InChI is InChI=1S/C9H7F3N2O3/c1-16-7-6(17-9(10,11)12)5(2-3-13)4-14-8(7)15/h4H,2H2,1H3,(H,14,15). The molecule has 5 nitrogen and oxygen atoms in total. The summed E-state index contributed by atoms with van der Waals surface area (Å²) in [5.74, 6) is -1.40. The third-order valence-electron chi connectivity index (χ3n) is 1.77. The molecule has 0 amide bonds. The van der Waals surface area contributed by atoms with Crippen LogP contribution in [0.5, 0.6) is 11.5 Å². The molecule has 0 bridgehead atoms. The molecule has 1 aromatic heterocycles. The second-order valence-electron chi connectivity index (χ2n) is 2.89. The Hall–Kier alpha value is -2.17. The number of aromatic nitrogens is 1. The molecule has 0 aromatic carbocycles. The maximum absolute atomic E-state index is 12.1. The van der Waals surface area contributed by atoms with Gasteiger partial charge in [0.25, 0.3) is 5.56 Å². The van der Waals surface area contributed by atoms with Gasteiger partial charge in [0, 0.05) is 11.8 Å². The second-order valence-corrected chi connectivity index (χ2v) is 2.89. The van der Waals surface area contributed by atoms with E-state index in [9.17, 15) is 18.0 Å². The van der Waals surface area contributed by atoms with Crippen LogP contribution >= 0.6 is 0 Å². The zero-order valence-corrected chi connectivity index (χ0v) is 8.59. The van der Waals surface area contributed by atoms with Gasteiger partial charge in [-0.15, -0.1) is 13.2 Å². The van der Waals surface area contributed by atoms with Crippen molar-refractivity contribution in [3.8, 4) is 17.6 Å². The Morgan fingerprint density at radius 1 is 1.47 bits per heavy atom. The van der Waals surface area contributed by atoms with Crippen LogP contribution in [0.3, 0.4) is 0 Å². The lowest BCUT2D eigenvalue weighted by Crippen LogP contribution is -2.21. The first-order valence-electron chi connectivity index (χ1n) is 4.30. The smallest absolute Gasteiger partial charge is 0.488 e. The molecule has 1 N–H and O–H groups in total. The average Bonchev–Trinajstić information content (AvgIpc) is 2.21. The molecule has 1 heterocycles. The fraction of sp³-hybridized carbons (Fsp3) is 0.333. The largest absolute Gasteiger partial charge is 0.573 e. The number of hydrogen-bond acceptors (Lipinski definition) is 4. The zero-order chi connectivity index (χ0) is 13.1. The van der Waals surface area contributed by atoms with E-state index in [0.29, 0.717) is 0 Å². The summed E-state index contributed by atoms with van der Waals surface area (Å²) < 4.78 is 44.6. The van der Waals surface area contributed by atoms with E-state index in [0.717, 1.165) is 13.3 Å². The highest BCUT2D eigenvalue weighted by Crippen LogP contribution is 2.32. The van der Waals surface area contributed by atoms with Crippen LogP contribution in [0, 0.1) is 11.3 Å². The Labute approximate surface area is 93.4 Å². The molecule has 1 aromatic rings. The summed E-state index contributed by atoms with van der Waals surface area (Å²) in [5.41, 5.74) is -0.977. The van der Waals surface area contributed by atoms with Gasteiger partial charge in [0.05, 0.1) is 19.6 Å². The SMILES string of the molecule is COc1c(OC(F)(F)F)c(CC#N)c[nH]c1=O. The number of aromatic amines is 1. The molecule has 0 spiro atoms. The number of alkyl halides is 3. The molecule has 0 aliphatic heterocycles. The number of nitrogens with zero attached hydrogens (tertiary/aromatic N) is 1. The minimum atomic E-state index is -4.97. The fourth-order valence-electron chi connectivity index (χ4n) is 1.16. The van der Waals surface area contributed by atoms with Gasteiger partial charge in [0.1, 0.15) is 0 Å². The first-order valence-corrected chi connectivity index (χ1v) is 4.30. The van der Waals surface area contributed by atoms with Crippen LogP contribution in [0.25, 0.3) is 0 Å². The number of pyridine rings is 1. The average molecular weight is 248 g/mol. The predicted molar refractivity (Wildman–Crippen MR) is 49.6 cm³/mol. The molecule has 0 fully saturated rings. The van der Waals surface area contributed by atoms with Gasteiger partial charge in [-0.25, -0.2) is 0 Å². The van der Waals surface area contributed by atoms with Crippen molar-refractivity contribution in [2.75, 3.05) is 7.11 Å². The summed E-state index contributed by atoms with van der Waals surface area (Å²) in [6, 6.07) is 1.66. The van der Waals surface area contributed by atoms with Crippen LogP contribution in [-0.2, 0) is 6.42 Å². The Bertz CT molecular complexity index is 502. The van der Waals surface area contributed by atoms with Gasteiger partial charge in [-0.2, -0.15) is 5.26 Å². The Balaban J connectivity index is 3.34. The molecular weight excluding hydrogens is 241 g/mol. The fourth-order valence-corrected chi connectivity index (χ4v) is 1.16. The second kappa shape index (κ2) is 4.78. The van der Waals surface area contributed by atoms with Gasteiger partial charge in [0.15, 0.2) is 5.75 Å². The maximum atomic E-state index is 12.1. The third-order valence-corrected chi connectivity index (χ3v) is 1.77. The molecule has 0 aliphatic rings. The van der Waals surface area contributed by atoms with Gasteiger partial charge >= 0.3 is 6.36 Å². The first-order chi connectivity index (χ1) is 7.89. The quantitative estimate of drug-likeness (QED) is 0.875. The molecular formula is C9H7F3N2O3. The first kappa shape index (κ1) is 12.9. The molecule has 8 heteroatoms. The number of rotatable bonds is 3. The summed E-state index contributed by atoms with van der Waals surface area (Å²) in [7, 11) is 1.03. The number of hydrogen-bond donors (Lipinski definition) is 1. The van der Waals surface area contributed by atoms with Crippen LogP contribution in [0.2, 0.25) is 0 Å². The number of methoxy groups -OCH3 is 1. The zero-order valence-electron chi connectivity index (χ0n) is 8.59. The number of nitrogens with one attached hydrogen (secondary N) is 1. The highest BCUT2D eigenvalue weighted by molar-refractivity contribution is 5.45. The summed E-state index contributed by atoms with van der Waals surface area (Å²) in [4.78, 5) is 13.4.